The van der Waals surface area contributed by atoms with Crippen LogP contribution in [0, 0.1) is 0 Å². The number of benzene rings is 2. The molecule has 0 saturated heterocycles. The summed E-state index contributed by atoms with van der Waals surface area (Å²) in [5.74, 6) is -0.283. The first-order valence-corrected chi connectivity index (χ1v) is 9.46. The molecule has 1 saturated carbocycles. The maximum atomic E-state index is 12.2. The Morgan fingerprint density at radius 1 is 1.08 bits per heavy atom. The van der Waals surface area contributed by atoms with Crippen molar-refractivity contribution in [2.24, 2.45) is 0 Å². The summed E-state index contributed by atoms with van der Waals surface area (Å²) < 4.78 is 26.8. The molecule has 0 unspecified atom stereocenters. The maximum Gasteiger partial charge on any atom is 0.251 e. The zero-order chi connectivity index (χ0) is 17.2. The van der Waals surface area contributed by atoms with E-state index in [2.05, 4.69) is 10.0 Å². The van der Waals surface area contributed by atoms with Crippen molar-refractivity contribution in [3.05, 3.63) is 64.7 Å². The van der Waals surface area contributed by atoms with Crippen LogP contribution in [-0.4, -0.2) is 20.4 Å². The van der Waals surface area contributed by atoms with E-state index in [4.69, 9.17) is 11.6 Å². The van der Waals surface area contributed by atoms with Crippen LogP contribution in [0.5, 0.6) is 0 Å². The number of halogens is 1. The highest BCUT2D eigenvalue weighted by Gasteiger charge is 2.27. The summed E-state index contributed by atoms with van der Waals surface area (Å²) in [5.41, 5.74) is 1.22. The lowest BCUT2D eigenvalue weighted by atomic mass is 10.2. The van der Waals surface area contributed by atoms with Crippen LogP contribution >= 0.6 is 11.6 Å². The molecule has 5 nitrogen and oxygen atoms in total. The lowest BCUT2D eigenvalue weighted by molar-refractivity contribution is 0.0951. The van der Waals surface area contributed by atoms with Gasteiger partial charge in [0, 0.05) is 23.2 Å². The number of sulfonamides is 1. The van der Waals surface area contributed by atoms with Gasteiger partial charge in [0.05, 0.1) is 4.90 Å². The van der Waals surface area contributed by atoms with Gasteiger partial charge in [-0.25, -0.2) is 13.1 Å². The number of carbonyl (C=O) groups excluding carboxylic acids is 1. The van der Waals surface area contributed by atoms with Crippen LogP contribution in [0.1, 0.15) is 28.8 Å². The predicted octanol–water partition coefficient (Wildman–Crippen LogP) is 2.71. The smallest absolute Gasteiger partial charge is 0.251 e. The molecule has 0 aliphatic heterocycles. The van der Waals surface area contributed by atoms with E-state index >= 15 is 0 Å². The number of rotatable bonds is 6. The summed E-state index contributed by atoms with van der Waals surface area (Å²) in [5, 5.41) is 3.36. The molecule has 1 aliphatic rings. The fourth-order valence-corrected chi connectivity index (χ4v) is 3.70. The lowest BCUT2D eigenvalue weighted by Gasteiger charge is -2.08. The van der Waals surface area contributed by atoms with Gasteiger partial charge in [0.15, 0.2) is 0 Å². The van der Waals surface area contributed by atoms with Crippen LogP contribution in [0.15, 0.2) is 53.4 Å². The molecule has 24 heavy (non-hydrogen) atoms. The van der Waals surface area contributed by atoms with Crippen molar-refractivity contribution < 1.29 is 13.2 Å². The average molecular weight is 365 g/mol. The van der Waals surface area contributed by atoms with Crippen molar-refractivity contribution >= 4 is 27.5 Å². The lowest BCUT2D eigenvalue weighted by Crippen LogP contribution is -2.26. The molecule has 2 aromatic rings. The van der Waals surface area contributed by atoms with Gasteiger partial charge in [-0.05, 0) is 48.7 Å². The molecule has 0 heterocycles. The Kier molecular flexibility index (Phi) is 4.89. The molecule has 0 spiro atoms. The largest absolute Gasteiger partial charge is 0.348 e. The summed E-state index contributed by atoms with van der Waals surface area (Å²) in [7, 11) is -3.50. The van der Waals surface area contributed by atoms with Crippen LogP contribution in [0.25, 0.3) is 0 Å². The fraction of sp³-hybridized carbons (Fsp3) is 0.235. The monoisotopic (exact) mass is 364 g/mol. The molecule has 126 valence electrons. The Morgan fingerprint density at radius 3 is 2.38 bits per heavy atom. The van der Waals surface area contributed by atoms with E-state index in [-0.39, 0.29) is 16.8 Å². The van der Waals surface area contributed by atoms with Crippen molar-refractivity contribution in [1.82, 2.24) is 10.0 Å². The number of hydrogen-bond acceptors (Lipinski definition) is 3. The van der Waals surface area contributed by atoms with E-state index in [1.165, 1.54) is 24.3 Å². The molecule has 0 aromatic heterocycles. The van der Waals surface area contributed by atoms with Crippen LogP contribution in [0.2, 0.25) is 5.02 Å². The quantitative estimate of drug-likeness (QED) is 0.827. The third-order valence-electron chi connectivity index (χ3n) is 3.72. The van der Waals surface area contributed by atoms with Crippen LogP contribution in [0.4, 0.5) is 0 Å². The van der Waals surface area contributed by atoms with Crippen molar-refractivity contribution in [2.75, 3.05) is 0 Å². The zero-order valence-corrected chi connectivity index (χ0v) is 14.4. The second-order valence-corrected chi connectivity index (χ2v) is 7.82. The molecular formula is C17H17ClN2O3S. The summed E-state index contributed by atoms with van der Waals surface area (Å²) in [4.78, 5) is 12.3. The molecule has 3 rings (SSSR count). The first-order chi connectivity index (χ1) is 11.5. The normalized spacial score (nSPS) is 14.4. The number of amides is 1. The molecule has 2 N–H and O–H groups in total. The highest BCUT2D eigenvalue weighted by Crippen LogP contribution is 2.22. The minimum absolute atomic E-state index is 0.0496. The number of carbonyl (C=O) groups is 1. The third kappa shape index (κ3) is 4.14. The molecule has 7 heteroatoms. The van der Waals surface area contributed by atoms with Crippen molar-refractivity contribution in [3.8, 4) is 0 Å². The summed E-state index contributed by atoms with van der Waals surface area (Å²) in [6.07, 6.45) is 1.75. The Balaban J connectivity index is 1.64. The van der Waals surface area contributed by atoms with E-state index in [1.54, 1.807) is 6.07 Å². The van der Waals surface area contributed by atoms with E-state index in [1.807, 2.05) is 18.2 Å². The molecule has 1 amide bonds. The zero-order valence-electron chi connectivity index (χ0n) is 12.8. The summed E-state index contributed by atoms with van der Waals surface area (Å²) in [6, 6.07) is 13.2. The summed E-state index contributed by atoms with van der Waals surface area (Å²) in [6.45, 7) is 0.307. The van der Waals surface area contributed by atoms with Gasteiger partial charge in [0.2, 0.25) is 10.0 Å². The highest BCUT2D eigenvalue weighted by atomic mass is 35.5. The fourth-order valence-electron chi connectivity index (χ4n) is 2.19. The van der Waals surface area contributed by atoms with Gasteiger partial charge in [-0.1, -0.05) is 29.8 Å². The van der Waals surface area contributed by atoms with E-state index in [0.29, 0.717) is 17.1 Å². The molecule has 0 atom stereocenters. The second-order valence-electron chi connectivity index (χ2n) is 5.69. The molecule has 0 radical (unpaired) electrons. The van der Waals surface area contributed by atoms with Gasteiger partial charge in [0.25, 0.3) is 5.91 Å². The van der Waals surface area contributed by atoms with Crippen LogP contribution in [0.3, 0.4) is 0 Å². The highest BCUT2D eigenvalue weighted by molar-refractivity contribution is 7.89. The van der Waals surface area contributed by atoms with Gasteiger partial charge < -0.3 is 5.32 Å². The predicted molar refractivity (Wildman–Crippen MR) is 92.4 cm³/mol. The van der Waals surface area contributed by atoms with Crippen molar-refractivity contribution in [1.29, 1.82) is 0 Å². The molecular weight excluding hydrogens is 348 g/mol. The average Bonchev–Trinajstić information content (AvgIpc) is 3.37. The van der Waals surface area contributed by atoms with Gasteiger partial charge in [-0.2, -0.15) is 0 Å². The van der Waals surface area contributed by atoms with Gasteiger partial charge in [0.1, 0.15) is 0 Å². The van der Waals surface area contributed by atoms with E-state index < -0.39 is 10.0 Å². The minimum Gasteiger partial charge on any atom is -0.348 e. The van der Waals surface area contributed by atoms with Crippen molar-refractivity contribution in [2.45, 2.75) is 30.3 Å². The minimum atomic E-state index is -3.50. The molecule has 0 bridgehead atoms. The van der Waals surface area contributed by atoms with Crippen molar-refractivity contribution in [3.63, 3.8) is 0 Å². The summed E-state index contributed by atoms with van der Waals surface area (Å²) >= 11 is 6.05. The first kappa shape index (κ1) is 17.0. The van der Waals surface area contributed by atoms with Gasteiger partial charge in [-0.15, -0.1) is 0 Å². The number of nitrogens with one attached hydrogen (secondary N) is 2. The number of hydrogen-bond donors (Lipinski definition) is 2. The Hall–Kier alpha value is -1.89. The standard InChI is InChI=1S/C17H17ClN2O3S/c18-16-4-2-1-3-13(16)11-19-17(21)12-5-9-15(10-6-12)24(22,23)20-14-7-8-14/h1-6,9-10,14,20H,7-8,11H2,(H,19,21). The van der Waals surface area contributed by atoms with Crippen LogP contribution in [-0.2, 0) is 16.6 Å². The molecule has 1 aliphatic carbocycles. The van der Waals surface area contributed by atoms with E-state index in [9.17, 15) is 13.2 Å². The Bertz CT molecular complexity index is 846. The molecule has 2 aromatic carbocycles. The Morgan fingerprint density at radius 2 is 1.75 bits per heavy atom. The van der Waals surface area contributed by atoms with E-state index in [0.717, 1.165) is 18.4 Å². The topological polar surface area (TPSA) is 75.3 Å². The SMILES string of the molecule is O=C(NCc1ccccc1Cl)c1ccc(S(=O)(=O)NC2CC2)cc1. The Labute approximate surface area is 146 Å². The van der Waals surface area contributed by atoms with Gasteiger partial charge in [-0.3, -0.25) is 4.79 Å². The van der Waals surface area contributed by atoms with Gasteiger partial charge >= 0.3 is 0 Å². The molecule has 1 fully saturated rings. The first-order valence-electron chi connectivity index (χ1n) is 7.60. The second kappa shape index (κ2) is 6.93. The van der Waals surface area contributed by atoms with Crippen LogP contribution < -0.4 is 10.0 Å². The third-order valence-corrected chi connectivity index (χ3v) is 5.63. The maximum absolute atomic E-state index is 12.2.